The van der Waals surface area contributed by atoms with Crippen molar-refractivity contribution in [2.24, 2.45) is 4.99 Å². The molecule has 1 amide bonds. The smallest absolute Gasteiger partial charge is 0.225 e. The Morgan fingerprint density at radius 1 is 1.16 bits per heavy atom. The largest absolute Gasteiger partial charge is 0.381 e. The second-order valence-electron chi connectivity index (χ2n) is 8.22. The van der Waals surface area contributed by atoms with Crippen molar-refractivity contribution in [1.82, 2.24) is 10.6 Å². The molecule has 0 aromatic heterocycles. The molecular formula is C24H29ClN4O2. The summed E-state index contributed by atoms with van der Waals surface area (Å²) in [6, 6.07) is 16.0. The first-order valence-electron chi connectivity index (χ1n) is 10.8. The lowest BCUT2D eigenvalue weighted by atomic mass is 9.74. The number of benzene rings is 2. The van der Waals surface area contributed by atoms with Gasteiger partial charge in [-0.05, 0) is 36.1 Å². The molecule has 3 N–H and O–H groups in total. The van der Waals surface area contributed by atoms with E-state index in [0.717, 1.165) is 40.6 Å². The van der Waals surface area contributed by atoms with Gasteiger partial charge in [-0.3, -0.25) is 9.79 Å². The van der Waals surface area contributed by atoms with E-state index in [1.165, 1.54) is 0 Å². The van der Waals surface area contributed by atoms with Crippen LogP contribution in [0.3, 0.4) is 0 Å². The maximum Gasteiger partial charge on any atom is 0.225 e. The van der Waals surface area contributed by atoms with Crippen molar-refractivity contribution < 1.29 is 9.53 Å². The van der Waals surface area contributed by atoms with Crippen LogP contribution in [0, 0.1) is 0 Å². The number of hydrogen-bond donors (Lipinski definition) is 3. The number of ether oxygens (including phenoxy) is 1. The minimum absolute atomic E-state index is 0.0494. The molecule has 2 aliphatic rings. The summed E-state index contributed by atoms with van der Waals surface area (Å²) in [6.07, 6.45) is 2.26. The number of carbonyl (C=O) groups excluding carboxylic acids is 1. The normalized spacial score (nSPS) is 20.5. The standard InChI is InChI=1S/C24H29ClN4O2/c1-26-23(27-15-17-14-22(30)29-21-9-5-2-6-18(17)21)28-16-24(10-12-31-13-11-24)19-7-3-4-8-20(19)25/h2-9,17H,10-16H2,1H3,(H,29,30)(H2,26,27,28). The highest BCUT2D eigenvalue weighted by atomic mass is 35.5. The molecule has 0 spiro atoms. The van der Waals surface area contributed by atoms with E-state index >= 15 is 0 Å². The maximum atomic E-state index is 12.1. The lowest BCUT2D eigenvalue weighted by molar-refractivity contribution is -0.116. The third-order valence-electron chi connectivity index (χ3n) is 6.34. The van der Waals surface area contributed by atoms with E-state index < -0.39 is 0 Å². The van der Waals surface area contributed by atoms with Crippen molar-refractivity contribution in [2.75, 3.05) is 38.7 Å². The number of nitrogens with zero attached hydrogens (tertiary/aromatic N) is 1. The van der Waals surface area contributed by atoms with Crippen molar-refractivity contribution >= 4 is 29.2 Å². The van der Waals surface area contributed by atoms with E-state index in [1.54, 1.807) is 7.05 Å². The number of aliphatic imine (C=N–C) groups is 1. The predicted octanol–water partition coefficient (Wildman–Crippen LogP) is 3.68. The monoisotopic (exact) mass is 440 g/mol. The summed E-state index contributed by atoms with van der Waals surface area (Å²) in [5.74, 6) is 0.874. The number of halogens is 1. The number of para-hydroxylation sites is 1. The molecule has 31 heavy (non-hydrogen) atoms. The van der Waals surface area contributed by atoms with Gasteiger partial charge in [0.2, 0.25) is 5.91 Å². The minimum Gasteiger partial charge on any atom is -0.381 e. The lowest BCUT2D eigenvalue weighted by Crippen LogP contribution is -2.49. The van der Waals surface area contributed by atoms with Gasteiger partial charge in [-0.2, -0.15) is 0 Å². The van der Waals surface area contributed by atoms with Crippen LogP contribution < -0.4 is 16.0 Å². The van der Waals surface area contributed by atoms with Gasteiger partial charge in [-0.25, -0.2) is 0 Å². The Balaban J connectivity index is 1.43. The van der Waals surface area contributed by atoms with E-state index in [-0.39, 0.29) is 17.2 Å². The minimum atomic E-state index is -0.106. The highest BCUT2D eigenvalue weighted by molar-refractivity contribution is 6.31. The van der Waals surface area contributed by atoms with E-state index in [9.17, 15) is 4.79 Å². The molecule has 2 aromatic rings. The van der Waals surface area contributed by atoms with Gasteiger partial charge in [0.05, 0.1) is 0 Å². The molecule has 4 rings (SSSR count). The van der Waals surface area contributed by atoms with Crippen molar-refractivity contribution in [3.63, 3.8) is 0 Å². The van der Waals surface area contributed by atoms with Gasteiger partial charge in [-0.15, -0.1) is 0 Å². The number of hydrogen-bond acceptors (Lipinski definition) is 3. The van der Waals surface area contributed by atoms with Gasteiger partial charge in [0.1, 0.15) is 0 Å². The topological polar surface area (TPSA) is 74.8 Å². The van der Waals surface area contributed by atoms with Crippen LogP contribution in [0.5, 0.6) is 0 Å². The fourth-order valence-electron chi connectivity index (χ4n) is 4.57. The SMILES string of the molecule is CN=C(NCC1CC(=O)Nc2ccccc21)NCC1(c2ccccc2Cl)CCOCC1. The third kappa shape index (κ3) is 4.86. The van der Waals surface area contributed by atoms with Crippen LogP contribution in [-0.4, -0.2) is 45.2 Å². The molecule has 2 heterocycles. The summed E-state index contributed by atoms with van der Waals surface area (Å²) >= 11 is 6.57. The predicted molar refractivity (Wildman–Crippen MR) is 125 cm³/mol. The first-order chi connectivity index (χ1) is 15.1. The molecule has 0 aliphatic carbocycles. The number of anilines is 1. The second-order valence-corrected chi connectivity index (χ2v) is 8.62. The number of carbonyl (C=O) groups is 1. The molecule has 164 valence electrons. The third-order valence-corrected chi connectivity index (χ3v) is 6.66. The zero-order valence-corrected chi connectivity index (χ0v) is 18.5. The second kappa shape index (κ2) is 9.71. The zero-order valence-electron chi connectivity index (χ0n) is 17.8. The number of rotatable bonds is 5. The van der Waals surface area contributed by atoms with Gasteiger partial charge >= 0.3 is 0 Å². The van der Waals surface area contributed by atoms with E-state index in [1.807, 2.05) is 36.4 Å². The Kier molecular flexibility index (Phi) is 6.78. The van der Waals surface area contributed by atoms with Gasteiger partial charge < -0.3 is 20.7 Å². The molecule has 0 saturated carbocycles. The quantitative estimate of drug-likeness (QED) is 0.489. The Morgan fingerprint density at radius 2 is 1.90 bits per heavy atom. The zero-order chi connectivity index (χ0) is 21.7. The molecule has 1 saturated heterocycles. The van der Waals surface area contributed by atoms with Crippen LogP contribution in [-0.2, 0) is 14.9 Å². The molecule has 0 bridgehead atoms. The van der Waals surface area contributed by atoms with Gasteiger partial charge in [0.25, 0.3) is 0 Å². The van der Waals surface area contributed by atoms with Crippen molar-refractivity contribution in [1.29, 1.82) is 0 Å². The first-order valence-corrected chi connectivity index (χ1v) is 11.2. The fraction of sp³-hybridized carbons (Fsp3) is 0.417. The number of amides is 1. The van der Waals surface area contributed by atoms with E-state index in [4.69, 9.17) is 16.3 Å². The molecule has 2 aliphatic heterocycles. The maximum absolute atomic E-state index is 12.1. The average molecular weight is 441 g/mol. The van der Waals surface area contributed by atoms with Crippen molar-refractivity contribution in [3.8, 4) is 0 Å². The first kappa shape index (κ1) is 21.7. The van der Waals surface area contributed by atoms with Crippen molar-refractivity contribution in [3.05, 3.63) is 64.7 Å². The summed E-state index contributed by atoms with van der Waals surface area (Å²) in [7, 11) is 1.77. The summed E-state index contributed by atoms with van der Waals surface area (Å²) in [5.41, 5.74) is 3.10. The van der Waals surface area contributed by atoms with Crippen LogP contribution in [0.4, 0.5) is 5.69 Å². The molecule has 2 aromatic carbocycles. The molecule has 1 atom stereocenters. The van der Waals surface area contributed by atoms with E-state index in [0.29, 0.717) is 32.7 Å². The van der Waals surface area contributed by atoms with Crippen LogP contribution in [0.15, 0.2) is 53.5 Å². The number of guanidine groups is 1. The molecule has 0 radical (unpaired) electrons. The summed E-state index contributed by atoms with van der Waals surface area (Å²) in [5, 5.41) is 10.7. The number of nitrogens with one attached hydrogen (secondary N) is 3. The van der Waals surface area contributed by atoms with Crippen LogP contribution >= 0.6 is 11.6 Å². The van der Waals surface area contributed by atoms with E-state index in [2.05, 4.69) is 33.1 Å². The fourth-order valence-corrected chi connectivity index (χ4v) is 4.91. The van der Waals surface area contributed by atoms with Crippen LogP contribution in [0.1, 0.15) is 36.3 Å². The van der Waals surface area contributed by atoms with Gasteiger partial charge in [0, 0.05) is 61.8 Å². The summed E-state index contributed by atoms with van der Waals surface area (Å²) < 4.78 is 5.63. The summed E-state index contributed by atoms with van der Waals surface area (Å²) in [4.78, 5) is 16.5. The highest BCUT2D eigenvalue weighted by Crippen LogP contribution is 2.38. The Labute approximate surface area is 188 Å². The molecule has 6 nitrogen and oxygen atoms in total. The average Bonchev–Trinajstić information content (AvgIpc) is 2.80. The molecule has 1 fully saturated rings. The highest BCUT2D eigenvalue weighted by Gasteiger charge is 2.36. The van der Waals surface area contributed by atoms with Crippen molar-refractivity contribution in [2.45, 2.75) is 30.6 Å². The lowest BCUT2D eigenvalue weighted by Gasteiger charge is -2.39. The number of fused-ring (bicyclic) bond motifs is 1. The Morgan fingerprint density at radius 3 is 2.68 bits per heavy atom. The Hall–Kier alpha value is -2.57. The van der Waals surface area contributed by atoms with Crippen LogP contribution in [0.25, 0.3) is 0 Å². The Bertz CT molecular complexity index is 956. The summed E-state index contributed by atoms with van der Waals surface area (Å²) in [6.45, 7) is 2.77. The molecule has 7 heteroatoms. The van der Waals surface area contributed by atoms with Gasteiger partial charge in [0.15, 0.2) is 5.96 Å². The molecular weight excluding hydrogens is 412 g/mol. The van der Waals surface area contributed by atoms with Crippen LogP contribution in [0.2, 0.25) is 5.02 Å². The molecule has 1 unspecified atom stereocenters. The van der Waals surface area contributed by atoms with Gasteiger partial charge in [-0.1, -0.05) is 48.0 Å².